The molecule has 0 bridgehead atoms. The Bertz CT molecular complexity index is 1540. The second kappa shape index (κ2) is 11.8. The first kappa shape index (κ1) is 30.8. The minimum absolute atomic E-state index is 0.0243. The van der Waals surface area contributed by atoms with Crippen LogP contribution in [0.5, 0.6) is 28.7 Å². The number of rotatable bonds is 6. The minimum Gasteiger partial charge on any atom is -0.508 e. The van der Waals surface area contributed by atoms with E-state index in [-0.39, 0.29) is 35.3 Å². The van der Waals surface area contributed by atoms with Gasteiger partial charge in [0.15, 0.2) is 23.5 Å². The summed E-state index contributed by atoms with van der Waals surface area (Å²) in [6, 6.07) is 5.41. The third-order valence-corrected chi connectivity index (χ3v) is 7.81. The zero-order valence-corrected chi connectivity index (χ0v) is 22.6. The SMILES string of the molecule is CC1O[C@@H](OCC2C[C@@H](Oc3c(-c4ccc(O)c(O)c4)oc4cc(O)cc(O)c4c3=O)C(O)C(O)[C@@H]2O)C(O)[C@@H](O)[C@H]1O. The van der Waals surface area contributed by atoms with Crippen molar-refractivity contribution < 1.29 is 69.7 Å². The van der Waals surface area contributed by atoms with Crippen molar-refractivity contribution in [3.8, 4) is 40.1 Å². The number of aromatic hydroxyl groups is 4. The van der Waals surface area contributed by atoms with Crippen molar-refractivity contribution in [2.75, 3.05) is 6.61 Å². The summed E-state index contributed by atoms with van der Waals surface area (Å²) in [5, 5.41) is 102. The molecule has 3 aromatic rings. The third kappa shape index (κ3) is 5.69. The highest BCUT2D eigenvalue weighted by Gasteiger charge is 2.47. The first-order valence-electron chi connectivity index (χ1n) is 13.4. The Hall–Kier alpha value is -3.67. The zero-order chi connectivity index (χ0) is 31.3. The van der Waals surface area contributed by atoms with E-state index in [1.165, 1.54) is 13.0 Å². The van der Waals surface area contributed by atoms with Gasteiger partial charge in [0.1, 0.15) is 59.1 Å². The Kier molecular flexibility index (Phi) is 8.43. The highest BCUT2D eigenvalue weighted by atomic mass is 16.7. The molecule has 10 atom stereocenters. The first-order valence-corrected chi connectivity index (χ1v) is 13.4. The summed E-state index contributed by atoms with van der Waals surface area (Å²) in [6.07, 6.45) is -13.6. The Morgan fingerprint density at radius 3 is 2.21 bits per heavy atom. The van der Waals surface area contributed by atoms with Gasteiger partial charge < -0.3 is 69.7 Å². The number of hydrogen-bond acceptors (Lipinski definition) is 15. The maximum Gasteiger partial charge on any atom is 0.239 e. The van der Waals surface area contributed by atoms with Crippen molar-refractivity contribution in [2.45, 2.75) is 68.5 Å². The van der Waals surface area contributed by atoms with E-state index in [9.17, 15) is 55.9 Å². The highest BCUT2D eigenvalue weighted by Crippen LogP contribution is 2.40. The van der Waals surface area contributed by atoms with Crippen LogP contribution in [0.2, 0.25) is 0 Å². The predicted molar refractivity (Wildman–Crippen MR) is 143 cm³/mol. The standard InChI is InChI=1S/C28H32O15/c1-9-19(33)23(37)25(39)28(41-9)40-8-11-5-17(21(35)24(38)20(11)34)43-27-22(36)18-15(32)6-12(29)7-16(18)42-26(27)10-2-3-13(30)14(31)4-10/h2-4,6-7,9,11,17,19-21,23-25,28-35,37-39H,5,8H2,1H3/t9?,11?,17-,19+,20-,21?,23+,24?,25?,28-/m1/s1. The molecule has 1 saturated heterocycles. The van der Waals surface area contributed by atoms with Gasteiger partial charge in [-0.2, -0.15) is 0 Å². The monoisotopic (exact) mass is 608 g/mol. The fourth-order valence-corrected chi connectivity index (χ4v) is 5.31. The lowest BCUT2D eigenvalue weighted by Crippen LogP contribution is -2.59. The lowest BCUT2D eigenvalue weighted by Gasteiger charge is -2.42. The van der Waals surface area contributed by atoms with Crippen LogP contribution in [0.4, 0.5) is 0 Å². The van der Waals surface area contributed by atoms with E-state index in [0.717, 1.165) is 24.3 Å². The van der Waals surface area contributed by atoms with Gasteiger partial charge in [-0.1, -0.05) is 0 Å². The first-order chi connectivity index (χ1) is 20.3. The Morgan fingerprint density at radius 2 is 1.51 bits per heavy atom. The van der Waals surface area contributed by atoms with Crippen molar-refractivity contribution in [3.63, 3.8) is 0 Å². The lowest BCUT2D eigenvalue weighted by atomic mass is 9.81. The molecule has 5 rings (SSSR count). The van der Waals surface area contributed by atoms with Gasteiger partial charge in [-0.25, -0.2) is 0 Å². The van der Waals surface area contributed by atoms with E-state index < -0.39 is 95.2 Å². The van der Waals surface area contributed by atoms with Gasteiger partial charge in [0.05, 0.1) is 18.8 Å². The second-order valence-corrected chi connectivity index (χ2v) is 10.8. The summed E-state index contributed by atoms with van der Waals surface area (Å²) < 4.78 is 22.7. The fraction of sp³-hybridized carbons (Fsp3) is 0.464. The molecule has 15 heteroatoms. The summed E-state index contributed by atoms with van der Waals surface area (Å²) in [5.41, 5.74) is -1.17. The molecule has 1 saturated carbocycles. The third-order valence-electron chi connectivity index (χ3n) is 7.81. The molecule has 15 nitrogen and oxygen atoms in total. The van der Waals surface area contributed by atoms with Gasteiger partial charge in [-0.15, -0.1) is 0 Å². The van der Waals surface area contributed by atoms with Crippen LogP contribution in [0, 0.1) is 5.92 Å². The number of phenols is 4. The summed E-state index contributed by atoms with van der Waals surface area (Å²) >= 11 is 0. The number of aliphatic hydroxyl groups excluding tert-OH is 6. The zero-order valence-electron chi connectivity index (χ0n) is 22.6. The largest absolute Gasteiger partial charge is 0.508 e. The van der Waals surface area contributed by atoms with Gasteiger partial charge in [-0.05, 0) is 31.5 Å². The summed E-state index contributed by atoms with van der Waals surface area (Å²) in [4.78, 5) is 13.6. The highest BCUT2D eigenvalue weighted by molar-refractivity contribution is 5.88. The van der Waals surface area contributed by atoms with Crippen LogP contribution >= 0.6 is 0 Å². The molecular weight excluding hydrogens is 576 g/mol. The number of fused-ring (bicyclic) bond motifs is 1. The van der Waals surface area contributed by atoms with E-state index in [1.54, 1.807) is 0 Å². The van der Waals surface area contributed by atoms with Gasteiger partial charge in [-0.3, -0.25) is 4.79 Å². The van der Waals surface area contributed by atoms with Gasteiger partial charge in [0.25, 0.3) is 0 Å². The van der Waals surface area contributed by atoms with E-state index in [4.69, 9.17) is 18.6 Å². The summed E-state index contributed by atoms with van der Waals surface area (Å²) in [6.45, 7) is 1.07. The smallest absolute Gasteiger partial charge is 0.239 e. The lowest BCUT2D eigenvalue weighted by molar-refractivity contribution is -0.299. The molecule has 0 amide bonds. The van der Waals surface area contributed by atoms with E-state index in [1.807, 2.05) is 0 Å². The van der Waals surface area contributed by atoms with Crippen LogP contribution in [0.3, 0.4) is 0 Å². The van der Waals surface area contributed by atoms with Crippen LogP contribution in [-0.4, -0.2) is 113 Å². The quantitative estimate of drug-likeness (QED) is 0.150. The van der Waals surface area contributed by atoms with Crippen LogP contribution in [0.15, 0.2) is 39.5 Å². The summed E-state index contributed by atoms with van der Waals surface area (Å²) in [7, 11) is 0. The summed E-state index contributed by atoms with van der Waals surface area (Å²) in [5.74, 6) is -3.98. The Labute approximate surface area is 242 Å². The van der Waals surface area contributed by atoms with Gasteiger partial charge in [0.2, 0.25) is 11.2 Å². The average molecular weight is 609 g/mol. The van der Waals surface area contributed by atoms with E-state index >= 15 is 0 Å². The van der Waals surface area contributed by atoms with Gasteiger partial charge >= 0.3 is 0 Å². The van der Waals surface area contributed by atoms with E-state index in [0.29, 0.717) is 0 Å². The number of phenolic OH excluding ortho intramolecular Hbond substituents is 4. The molecule has 2 aliphatic rings. The molecule has 234 valence electrons. The minimum atomic E-state index is -1.80. The molecule has 2 heterocycles. The number of hydrogen-bond donors (Lipinski definition) is 10. The molecule has 2 aromatic carbocycles. The molecular formula is C28H32O15. The van der Waals surface area contributed by atoms with Crippen molar-refractivity contribution in [1.82, 2.24) is 0 Å². The molecule has 0 radical (unpaired) electrons. The van der Waals surface area contributed by atoms with Crippen LogP contribution < -0.4 is 10.2 Å². The molecule has 10 N–H and O–H groups in total. The van der Waals surface area contributed by atoms with Crippen molar-refractivity contribution in [2.24, 2.45) is 5.92 Å². The predicted octanol–water partition coefficient (Wildman–Crippen LogP) is -1.02. The second-order valence-electron chi connectivity index (χ2n) is 10.8. The van der Waals surface area contributed by atoms with Crippen LogP contribution in [0.25, 0.3) is 22.3 Å². The molecule has 0 spiro atoms. The normalized spacial score (nSPS) is 33.0. The van der Waals surface area contributed by atoms with Gasteiger partial charge in [0, 0.05) is 23.6 Å². The topological polar surface area (TPSA) is 260 Å². The molecule has 1 aliphatic heterocycles. The maximum atomic E-state index is 13.6. The van der Waals surface area contributed by atoms with Crippen molar-refractivity contribution >= 4 is 11.0 Å². The average Bonchev–Trinajstić information content (AvgIpc) is 2.96. The van der Waals surface area contributed by atoms with Crippen molar-refractivity contribution in [3.05, 3.63) is 40.6 Å². The fourth-order valence-electron chi connectivity index (χ4n) is 5.31. The number of aliphatic hydroxyl groups is 6. The number of ether oxygens (including phenoxy) is 3. The Balaban J connectivity index is 1.48. The molecule has 5 unspecified atom stereocenters. The molecule has 43 heavy (non-hydrogen) atoms. The maximum absolute atomic E-state index is 13.6. The van der Waals surface area contributed by atoms with Crippen LogP contribution in [0.1, 0.15) is 13.3 Å². The number of benzene rings is 2. The molecule has 2 fully saturated rings. The van der Waals surface area contributed by atoms with Crippen LogP contribution in [-0.2, 0) is 9.47 Å². The Morgan fingerprint density at radius 1 is 0.814 bits per heavy atom. The molecule has 1 aliphatic carbocycles. The van der Waals surface area contributed by atoms with Crippen molar-refractivity contribution in [1.29, 1.82) is 0 Å². The molecule has 1 aromatic heterocycles. The van der Waals surface area contributed by atoms with E-state index in [2.05, 4.69) is 0 Å².